The van der Waals surface area contributed by atoms with Crippen LogP contribution in [0.5, 0.6) is 0 Å². The lowest BCUT2D eigenvalue weighted by atomic mass is 10.2. The first-order valence-corrected chi connectivity index (χ1v) is 7.36. The quantitative estimate of drug-likeness (QED) is 0.675. The van der Waals surface area contributed by atoms with Gasteiger partial charge in [0.1, 0.15) is 17.9 Å². The summed E-state index contributed by atoms with van der Waals surface area (Å²) in [6, 6.07) is 8.82. The molecule has 0 atom stereocenters. The summed E-state index contributed by atoms with van der Waals surface area (Å²) in [6.07, 6.45) is 0. The van der Waals surface area contributed by atoms with Crippen LogP contribution in [0.2, 0.25) is 0 Å². The molecule has 2 amide bonds. The van der Waals surface area contributed by atoms with E-state index in [9.17, 15) is 14.0 Å². The highest BCUT2D eigenvalue weighted by molar-refractivity contribution is 5.91. The number of urea groups is 1. The monoisotopic (exact) mass is 343 g/mol. The van der Waals surface area contributed by atoms with Crippen LogP contribution in [0.1, 0.15) is 5.56 Å². The number of hydrogen-bond acceptors (Lipinski definition) is 4. The summed E-state index contributed by atoms with van der Waals surface area (Å²) < 4.78 is 19.8. The third-order valence-corrected chi connectivity index (χ3v) is 3.41. The molecule has 0 saturated carbocycles. The van der Waals surface area contributed by atoms with Crippen molar-refractivity contribution in [2.24, 2.45) is 0 Å². The maximum absolute atomic E-state index is 14.2. The summed E-state index contributed by atoms with van der Waals surface area (Å²) in [5, 5.41) is 12.8. The number of nitrogens with zero attached hydrogens (tertiary/aromatic N) is 1. The van der Waals surface area contributed by atoms with Crippen LogP contribution in [0, 0.1) is 12.7 Å². The van der Waals surface area contributed by atoms with Gasteiger partial charge in [-0.2, -0.15) is 0 Å². The van der Waals surface area contributed by atoms with Gasteiger partial charge < -0.3 is 20.2 Å². The molecular formula is C17H14FN3O4. The Morgan fingerprint density at radius 1 is 1.24 bits per heavy atom. The number of aromatic nitrogens is 1. The first-order valence-electron chi connectivity index (χ1n) is 7.36. The number of oxazole rings is 1. The van der Waals surface area contributed by atoms with Crippen LogP contribution in [0.4, 0.5) is 14.9 Å². The van der Waals surface area contributed by atoms with Crippen LogP contribution in [0.15, 0.2) is 40.8 Å². The third-order valence-electron chi connectivity index (χ3n) is 3.41. The van der Waals surface area contributed by atoms with E-state index in [0.717, 1.165) is 5.56 Å². The van der Waals surface area contributed by atoms with E-state index in [1.165, 1.54) is 12.1 Å². The first-order chi connectivity index (χ1) is 11.9. The number of fused-ring (bicyclic) bond motifs is 1. The lowest BCUT2D eigenvalue weighted by molar-refractivity contribution is -0.135. The molecule has 0 radical (unpaired) electrons. The Bertz CT molecular complexity index is 968. The van der Waals surface area contributed by atoms with Crippen molar-refractivity contribution in [1.29, 1.82) is 0 Å². The van der Waals surface area contributed by atoms with E-state index in [2.05, 4.69) is 15.6 Å². The van der Waals surface area contributed by atoms with Gasteiger partial charge in [-0.1, -0.05) is 6.07 Å². The minimum atomic E-state index is -1.20. The number of anilines is 1. The number of rotatable bonds is 4. The molecular weight excluding hydrogens is 329 g/mol. The van der Waals surface area contributed by atoms with E-state index < -0.39 is 24.4 Å². The number of aliphatic carboxylic acids is 1. The predicted molar refractivity (Wildman–Crippen MR) is 88.8 cm³/mol. The molecule has 0 aliphatic heterocycles. The zero-order valence-electron chi connectivity index (χ0n) is 13.2. The van der Waals surface area contributed by atoms with Gasteiger partial charge in [-0.05, 0) is 42.8 Å². The Kier molecular flexibility index (Phi) is 4.34. The van der Waals surface area contributed by atoms with Crippen molar-refractivity contribution >= 4 is 28.8 Å². The number of halogens is 1. The number of nitrogens with one attached hydrogen (secondary N) is 2. The number of benzene rings is 2. The summed E-state index contributed by atoms with van der Waals surface area (Å²) >= 11 is 0. The second kappa shape index (κ2) is 6.60. The molecule has 8 heteroatoms. The van der Waals surface area contributed by atoms with E-state index >= 15 is 0 Å². The largest absolute Gasteiger partial charge is 0.480 e. The van der Waals surface area contributed by atoms with Crippen molar-refractivity contribution in [3.8, 4) is 11.5 Å². The fraction of sp³-hybridized carbons (Fsp3) is 0.118. The normalized spacial score (nSPS) is 10.6. The molecule has 0 bridgehead atoms. The lowest BCUT2D eigenvalue weighted by Gasteiger charge is -2.07. The second-order valence-corrected chi connectivity index (χ2v) is 5.39. The maximum atomic E-state index is 14.2. The van der Waals surface area contributed by atoms with Gasteiger partial charge in [-0.25, -0.2) is 14.2 Å². The van der Waals surface area contributed by atoms with Gasteiger partial charge in [0.2, 0.25) is 5.89 Å². The lowest BCUT2D eigenvalue weighted by Crippen LogP contribution is -2.33. The van der Waals surface area contributed by atoms with E-state index in [0.29, 0.717) is 16.7 Å². The van der Waals surface area contributed by atoms with Crippen LogP contribution in [0.3, 0.4) is 0 Å². The van der Waals surface area contributed by atoms with Crippen molar-refractivity contribution in [2.75, 3.05) is 11.9 Å². The van der Waals surface area contributed by atoms with Gasteiger partial charge in [0.25, 0.3) is 0 Å². The molecule has 128 valence electrons. The van der Waals surface area contributed by atoms with Crippen molar-refractivity contribution in [1.82, 2.24) is 10.3 Å². The minimum absolute atomic E-state index is 0.0846. The van der Waals surface area contributed by atoms with Gasteiger partial charge in [0, 0.05) is 5.56 Å². The Morgan fingerprint density at radius 2 is 2.04 bits per heavy atom. The molecule has 0 saturated heterocycles. The van der Waals surface area contributed by atoms with E-state index in [4.69, 9.17) is 9.52 Å². The number of carboxylic acids is 1. The average Bonchev–Trinajstić information content (AvgIpc) is 2.98. The number of carbonyl (C=O) groups excluding carboxylic acids is 1. The molecule has 0 unspecified atom stereocenters. The predicted octanol–water partition coefficient (Wildman–Crippen LogP) is 3.15. The summed E-state index contributed by atoms with van der Waals surface area (Å²) in [7, 11) is 0. The summed E-state index contributed by atoms with van der Waals surface area (Å²) in [6.45, 7) is 1.37. The van der Waals surface area contributed by atoms with Gasteiger partial charge in [-0.3, -0.25) is 4.79 Å². The summed E-state index contributed by atoms with van der Waals surface area (Å²) in [4.78, 5) is 26.2. The first kappa shape index (κ1) is 16.4. The van der Waals surface area contributed by atoms with Crippen LogP contribution in [-0.2, 0) is 4.79 Å². The van der Waals surface area contributed by atoms with Crippen molar-refractivity contribution < 1.29 is 23.5 Å². The second-order valence-electron chi connectivity index (χ2n) is 5.39. The smallest absolute Gasteiger partial charge is 0.323 e. The van der Waals surface area contributed by atoms with Crippen LogP contribution in [-0.4, -0.2) is 28.6 Å². The Labute approximate surface area is 141 Å². The molecule has 0 spiro atoms. The topological polar surface area (TPSA) is 104 Å². The van der Waals surface area contributed by atoms with Crippen molar-refractivity contribution in [3.63, 3.8) is 0 Å². The zero-order valence-corrected chi connectivity index (χ0v) is 13.2. The van der Waals surface area contributed by atoms with E-state index in [1.54, 1.807) is 12.1 Å². The van der Waals surface area contributed by atoms with Gasteiger partial charge in [-0.15, -0.1) is 0 Å². The number of carboxylic acid groups (broad SMARTS) is 1. The van der Waals surface area contributed by atoms with Crippen LogP contribution in [0.25, 0.3) is 22.6 Å². The molecule has 2 aromatic carbocycles. The summed E-state index contributed by atoms with van der Waals surface area (Å²) in [5.41, 5.74) is 2.63. The van der Waals surface area contributed by atoms with Crippen LogP contribution < -0.4 is 10.6 Å². The zero-order chi connectivity index (χ0) is 18.0. The molecule has 25 heavy (non-hydrogen) atoms. The SMILES string of the molecule is Cc1ccc2oc(-c3ccc(NC(=O)NCC(=O)O)c(F)c3)nc2c1. The Morgan fingerprint density at radius 3 is 2.76 bits per heavy atom. The van der Waals surface area contributed by atoms with Gasteiger partial charge in [0.15, 0.2) is 5.58 Å². The van der Waals surface area contributed by atoms with E-state index in [1.807, 2.05) is 19.1 Å². The highest BCUT2D eigenvalue weighted by Crippen LogP contribution is 2.27. The number of aryl methyl sites for hydroxylation is 1. The number of amides is 2. The Balaban J connectivity index is 1.80. The minimum Gasteiger partial charge on any atom is -0.480 e. The molecule has 3 N–H and O–H groups in total. The fourth-order valence-corrected chi connectivity index (χ4v) is 2.23. The highest BCUT2D eigenvalue weighted by atomic mass is 19.1. The fourth-order valence-electron chi connectivity index (χ4n) is 2.23. The van der Waals surface area contributed by atoms with Gasteiger partial charge >= 0.3 is 12.0 Å². The summed E-state index contributed by atoms with van der Waals surface area (Å²) in [5.74, 6) is -1.63. The molecule has 3 aromatic rings. The molecule has 7 nitrogen and oxygen atoms in total. The molecule has 0 aliphatic carbocycles. The highest BCUT2D eigenvalue weighted by Gasteiger charge is 2.13. The molecule has 1 aromatic heterocycles. The standard InChI is InChI=1S/C17H14FN3O4/c1-9-2-5-14-13(6-9)20-16(25-14)10-3-4-12(11(18)7-10)21-17(24)19-8-15(22)23/h2-7H,8H2,1H3,(H,22,23)(H2,19,21,24). The number of carbonyl (C=O) groups is 2. The molecule has 1 heterocycles. The molecule has 0 fully saturated rings. The molecule has 3 rings (SSSR count). The van der Waals surface area contributed by atoms with Crippen molar-refractivity contribution in [3.05, 3.63) is 47.8 Å². The van der Waals surface area contributed by atoms with E-state index in [-0.39, 0.29) is 11.6 Å². The number of hydrogen-bond donors (Lipinski definition) is 3. The Hall–Kier alpha value is -3.42. The van der Waals surface area contributed by atoms with Gasteiger partial charge in [0.05, 0.1) is 5.69 Å². The average molecular weight is 343 g/mol. The van der Waals surface area contributed by atoms with Crippen LogP contribution >= 0.6 is 0 Å². The van der Waals surface area contributed by atoms with Crippen molar-refractivity contribution in [2.45, 2.75) is 6.92 Å². The maximum Gasteiger partial charge on any atom is 0.323 e. The molecule has 0 aliphatic rings. The third kappa shape index (κ3) is 3.74.